The van der Waals surface area contributed by atoms with E-state index in [4.69, 9.17) is 16.3 Å². The number of benzene rings is 1. The summed E-state index contributed by atoms with van der Waals surface area (Å²) in [6.07, 6.45) is -0.825. The van der Waals surface area contributed by atoms with E-state index >= 15 is 0 Å². The van der Waals surface area contributed by atoms with Crippen molar-refractivity contribution in [3.05, 3.63) is 34.4 Å². The molecule has 1 atom stereocenters. The van der Waals surface area contributed by atoms with Gasteiger partial charge in [0.05, 0.1) is 11.0 Å². The second-order valence-corrected chi connectivity index (χ2v) is 3.19. The zero-order valence-corrected chi connectivity index (χ0v) is 8.60. The molecule has 1 rings (SSSR count). The van der Waals surface area contributed by atoms with Gasteiger partial charge in [-0.2, -0.15) is 0 Å². The lowest BCUT2D eigenvalue weighted by atomic mass is 10.3. The maximum absolute atomic E-state index is 10.7. The second-order valence-electron chi connectivity index (χ2n) is 2.82. The molecule has 1 aromatic carbocycles. The van der Waals surface area contributed by atoms with E-state index in [-0.39, 0.29) is 11.4 Å². The second kappa shape index (κ2) is 4.75. The molecule has 0 N–H and O–H groups in total. The molecule has 0 radical (unpaired) electrons. The summed E-state index contributed by atoms with van der Waals surface area (Å²) in [5.74, 6) is 0.241. The zero-order chi connectivity index (χ0) is 11.4. The number of hydrogen-bond donors (Lipinski definition) is 0. The molecule has 0 aromatic heterocycles. The highest BCUT2D eigenvalue weighted by atomic mass is 35.5. The number of carbonyl (C=O) groups excluding carboxylic acids is 1. The molecule has 0 bridgehead atoms. The Morgan fingerprint density at radius 2 is 2.27 bits per heavy atom. The molecule has 6 heteroatoms. The molecule has 0 heterocycles. The average molecular weight is 230 g/mol. The molecule has 0 saturated heterocycles. The first-order chi connectivity index (χ1) is 7.00. The summed E-state index contributed by atoms with van der Waals surface area (Å²) >= 11 is 5.18. The third-order valence-corrected chi connectivity index (χ3v) is 1.97. The Morgan fingerprint density at radius 1 is 1.60 bits per heavy atom. The van der Waals surface area contributed by atoms with Crippen LogP contribution in [0.5, 0.6) is 5.75 Å². The van der Waals surface area contributed by atoms with Crippen molar-refractivity contribution in [3.63, 3.8) is 0 Å². The zero-order valence-electron chi connectivity index (χ0n) is 7.84. The number of non-ortho nitro benzene ring substituents is 1. The van der Waals surface area contributed by atoms with Crippen LogP contribution in [0.15, 0.2) is 24.3 Å². The first kappa shape index (κ1) is 11.5. The third-order valence-electron chi connectivity index (χ3n) is 1.66. The minimum absolute atomic E-state index is 0.0956. The Hall–Kier alpha value is -1.62. The van der Waals surface area contributed by atoms with E-state index in [0.29, 0.717) is 0 Å². The van der Waals surface area contributed by atoms with Crippen LogP contribution >= 0.6 is 11.6 Å². The number of nitro benzene ring substituents is 1. The summed E-state index contributed by atoms with van der Waals surface area (Å²) in [5.41, 5.74) is -0.0956. The minimum Gasteiger partial charge on any atom is -0.481 e. The van der Waals surface area contributed by atoms with Crippen LogP contribution < -0.4 is 4.74 Å². The highest BCUT2D eigenvalue weighted by Gasteiger charge is 2.13. The normalized spacial score (nSPS) is 11.9. The van der Waals surface area contributed by atoms with Gasteiger partial charge in [-0.3, -0.25) is 14.9 Å². The smallest absolute Gasteiger partial charge is 0.273 e. The lowest BCUT2D eigenvalue weighted by Gasteiger charge is -2.09. The van der Waals surface area contributed by atoms with Gasteiger partial charge in [0.2, 0.25) is 0 Å². The highest BCUT2D eigenvalue weighted by molar-refractivity contribution is 6.64. The van der Waals surface area contributed by atoms with Gasteiger partial charge in [-0.05, 0) is 24.6 Å². The van der Waals surface area contributed by atoms with Gasteiger partial charge in [-0.1, -0.05) is 6.07 Å². The van der Waals surface area contributed by atoms with Gasteiger partial charge in [0.15, 0.2) is 6.10 Å². The van der Waals surface area contributed by atoms with Crippen molar-refractivity contribution in [3.8, 4) is 5.75 Å². The van der Waals surface area contributed by atoms with Crippen LogP contribution in [0.1, 0.15) is 6.92 Å². The highest BCUT2D eigenvalue weighted by Crippen LogP contribution is 2.20. The summed E-state index contributed by atoms with van der Waals surface area (Å²) in [6.45, 7) is 1.47. The molecule has 0 aliphatic carbocycles. The predicted octanol–water partition coefficient (Wildman–Crippen LogP) is 2.13. The Morgan fingerprint density at radius 3 is 2.80 bits per heavy atom. The van der Waals surface area contributed by atoms with Gasteiger partial charge in [0.1, 0.15) is 5.75 Å². The summed E-state index contributed by atoms with van der Waals surface area (Å²) in [7, 11) is 0. The van der Waals surface area contributed by atoms with Crippen molar-refractivity contribution in [2.24, 2.45) is 0 Å². The van der Waals surface area contributed by atoms with Crippen LogP contribution in [0.2, 0.25) is 0 Å². The van der Waals surface area contributed by atoms with E-state index in [1.807, 2.05) is 0 Å². The van der Waals surface area contributed by atoms with Crippen molar-refractivity contribution >= 4 is 22.5 Å². The summed E-state index contributed by atoms with van der Waals surface area (Å²) in [5, 5.41) is 9.78. The molecule has 1 aromatic rings. The van der Waals surface area contributed by atoms with E-state index in [2.05, 4.69) is 0 Å². The van der Waals surface area contributed by atoms with Crippen molar-refractivity contribution in [1.29, 1.82) is 0 Å². The fourth-order valence-corrected chi connectivity index (χ4v) is 0.965. The number of nitrogens with zero attached hydrogens (tertiary/aromatic N) is 1. The van der Waals surface area contributed by atoms with E-state index < -0.39 is 16.3 Å². The Labute approximate surface area is 90.8 Å². The summed E-state index contributed by atoms with van der Waals surface area (Å²) < 4.78 is 5.08. The number of hydrogen-bond acceptors (Lipinski definition) is 4. The predicted molar refractivity (Wildman–Crippen MR) is 54.0 cm³/mol. The van der Waals surface area contributed by atoms with Crippen LogP contribution in [0, 0.1) is 10.1 Å². The van der Waals surface area contributed by atoms with Crippen LogP contribution in [-0.2, 0) is 4.79 Å². The lowest BCUT2D eigenvalue weighted by Crippen LogP contribution is -2.18. The third kappa shape index (κ3) is 3.21. The molecule has 0 fully saturated rings. The van der Waals surface area contributed by atoms with Crippen molar-refractivity contribution in [2.75, 3.05) is 0 Å². The van der Waals surface area contributed by atoms with Crippen molar-refractivity contribution in [1.82, 2.24) is 0 Å². The van der Waals surface area contributed by atoms with Crippen LogP contribution in [0.4, 0.5) is 5.69 Å². The quantitative estimate of drug-likeness (QED) is 0.451. The summed E-state index contributed by atoms with van der Waals surface area (Å²) in [4.78, 5) is 20.6. The fourth-order valence-electron chi connectivity index (χ4n) is 0.921. The van der Waals surface area contributed by atoms with E-state index in [1.54, 1.807) is 0 Å². The standard InChI is InChI=1S/C9H8ClNO4/c1-6(9(10)12)15-8-4-2-3-7(5-8)11(13)14/h2-6H,1H3. The monoisotopic (exact) mass is 229 g/mol. The van der Waals surface area contributed by atoms with Crippen molar-refractivity contribution < 1.29 is 14.5 Å². The van der Waals surface area contributed by atoms with Gasteiger partial charge < -0.3 is 4.74 Å². The number of halogens is 1. The Kier molecular flexibility index (Phi) is 3.62. The molecular weight excluding hydrogens is 222 g/mol. The first-order valence-electron chi connectivity index (χ1n) is 4.11. The number of rotatable bonds is 4. The maximum Gasteiger partial charge on any atom is 0.273 e. The molecule has 80 valence electrons. The van der Waals surface area contributed by atoms with Crippen LogP contribution in [0.3, 0.4) is 0 Å². The first-order valence-corrected chi connectivity index (χ1v) is 4.49. The molecule has 1 unspecified atom stereocenters. The largest absolute Gasteiger partial charge is 0.481 e. The van der Waals surface area contributed by atoms with Gasteiger partial charge in [0.25, 0.3) is 10.9 Å². The van der Waals surface area contributed by atoms with E-state index in [0.717, 1.165) is 0 Å². The molecule has 0 spiro atoms. The fraction of sp³-hybridized carbons (Fsp3) is 0.222. The van der Waals surface area contributed by atoms with Crippen LogP contribution in [-0.4, -0.2) is 16.3 Å². The van der Waals surface area contributed by atoms with Gasteiger partial charge in [0, 0.05) is 6.07 Å². The number of nitro groups is 1. The molecule has 0 saturated carbocycles. The van der Waals surface area contributed by atoms with Gasteiger partial charge in [-0.25, -0.2) is 0 Å². The molecule has 5 nitrogen and oxygen atoms in total. The molecule has 0 amide bonds. The van der Waals surface area contributed by atoms with E-state index in [1.165, 1.54) is 31.2 Å². The minimum atomic E-state index is -0.825. The number of carbonyl (C=O) groups is 1. The maximum atomic E-state index is 10.7. The number of ether oxygens (including phenoxy) is 1. The van der Waals surface area contributed by atoms with Gasteiger partial charge >= 0.3 is 0 Å². The Bertz CT molecular complexity index is 393. The van der Waals surface area contributed by atoms with E-state index in [9.17, 15) is 14.9 Å². The average Bonchev–Trinajstić information content (AvgIpc) is 2.18. The Balaban J connectivity index is 2.82. The van der Waals surface area contributed by atoms with Crippen LogP contribution in [0.25, 0.3) is 0 Å². The lowest BCUT2D eigenvalue weighted by molar-refractivity contribution is -0.384. The topological polar surface area (TPSA) is 69.4 Å². The molecular formula is C9H8ClNO4. The van der Waals surface area contributed by atoms with Crippen molar-refractivity contribution in [2.45, 2.75) is 13.0 Å². The summed E-state index contributed by atoms with van der Waals surface area (Å²) in [6, 6.07) is 5.55. The molecule has 0 aliphatic heterocycles. The molecule has 15 heavy (non-hydrogen) atoms. The SMILES string of the molecule is CC(Oc1cccc([N+](=O)[O-])c1)C(=O)Cl. The molecule has 0 aliphatic rings. The van der Waals surface area contributed by atoms with Gasteiger partial charge in [-0.15, -0.1) is 0 Å².